The molecule has 1 spiro atoms. The van der Waals surface area contributed by atoms with Crippen LogP contribution in [0.25, 0.3) is 0 Å². The molecule has 0 bridgehead atoms. The summed E-state index contributed by atoms with van der Waals surface area (Å²) in [6.07, 6.45) is 6.47. The first kappa shape index (κ1) is 18.2. The molecule has 4 nitrogen and oxygen atoms in total. The first-order valence-corrected chi connectivity index (χ1v) is 9.87. The molecule has 0 radical (unpaired) electrons. The Labute approximate surface area is 154 Å². The summed E-state index contributed by atoms with van der Waals surface area (Å²) in [5, 5.41) is 7.72. The van der Waals surface area contributed by atoms with E-state index in [1.807, 2.05) is 0 Å². The third-order valence-corrected chi connectivity index (χ3v) is 6.53. The highest BCUT2D eigenvalue weighted by molar-refractivity contribution is 7.07. The average Bonchev–Trinajstić information content (AvgIpc) is 3.04. The monoisotopic (exact) mass is 370 g/mol. The predicted octanol–water partition coefficient (Wildman–Crippen LogP) is 3.21. The van der Waals surface area contributed by atoms with E-state index < -0.39 is 0 Å². The van der Waals surface area contributed by atoms with Crippen LogP contribution in [0.15, 0.2) is 16.8 Å². The van der Waals surface area contributed by atoms with Gasteiger partial charge in [0.1, 0.15) is 6.10 Å². The molecule has 134 valence electrons. The number of nitrogens with one attached hydrogen (secondary N) is 1. The van der Waals surface area contributed by atoms with E-state index in [0.717, 1.165) is 45.5 Å². The second kappa shape index (κ2) is 7.73. The number of thiophene rings is 1. The van der Waals surface area contributed by atoms with E-state index in [-0.39, 0.29) is 24.4 Å². The molecule has 2 saturated heterocycles. The Morgan fingerprint density at radius 1 is 1.38 bits per heavy atom. The third kappa shape index (κ3) is 3.64. The molecule has 1 N–H and O–H groups in total. The summed E-state index contributed by atoms with van der Waals surface area (Å²) in [7, 11) is 0. The quantitative estimate of drug-likeness (QED) is 0.884. The van der Waals surface area contributed by atoms with Crippen molar-refractivity contribution in [3.63, 3.8) is 0 Å². The number of amides is 1. The summed E-state index contributed by atoms with van der Waals surface area (Å²) in [6.45, 7) is 3.68. The summed E-state index contributed by atoms with van der Waals surface area (Å²) in [6, 6.07) is 2.56. The topological polar surface area (TPSA) is 41.6 Å². The van der Waals surface area contributed by atoms with Crippen LogP contribution in [-0.2, 0) is 16.1 Å². The van der Waals surface area contributed by atoms with Crippen LogP contribution in [0.1, 0.15) is 44.1 Å². The van der Waals surface area contributed by atoms with Gasteiger partial charge in [-0.25, -0.2) is 0 Å². The van der Waals surface area contributed by atoms with Gasteiger partial charge in [-0.1, -0.05) is 0 Å². The maximum Gasteiger partial charge on any atom is 0.252 e. The molecule has 24 heavy (non-hydrogen) atoms. The molecule has 3 heterocycles. The molecule has 4 rings (SSSR count). The fourth-order valence-electron chi connectivity index (χ4n) is 4.27. The Bertz CT molecular complexity index is 539. The maximum atomic E-state index is 13.1. The Morgan fingerprint density at radius 2 is 2.21 bits per heavy atom. The Kier molecular flexibility index (Phi) is 5.85. The number of carbonyl (C=O) groups is 1. The van der Waals surface area contributed by atoms with E-state index in [4.69, 9.17) is 4.74 Å². The summed E-state index contributed by atoms with van der Waals surface area (Å²) in [5.74, 6) is 0.233. The third-order valence-electron chi connectivity index (χ3n) is 5.79. The van der Waals surface area contributed by atoms with Gasteiger partial charge in [0.15, 0.2) is 0 Å². The van der Waals surface area contributed by atoms with Crippen molar-refractivity contribution in [1.82, 2.24) is 10.2 Å². The van der Waals surface area contributed by atoms with Crippen LogP contribution in [0.4, 0.5) is 0 Å². The lowest BCUT2D eigenvalue weighted by molar-refractivity contribution is -0.148. The highest BCUT2D eigenvalue weighted by Gasteiger charge is 2.58. The average molecular weight is 371 g/mol. The number of ether oxygens (including phenoxy) is 1. The standard InChI is InChI=1S/C18H26N2O2S.ClH/c21-17(15-3-1-2-9-22-15)20(12-14-4-10-23-13-14)16-11-18(16)5-7-19-8-6-18;/h4,10,13,15-16,19H,1-3,5-9,11-12H2;1H. The summed E-state index contributed by atoms with van der Waals surface area (Å²) < 4.78 is 5.79. The van der Waals surface area contributed by atoms with Gasteiger partial charge in [-0.15, -0.1) is 12.4 Å². The largest absolute Gasteiger partial charge is 0.368 e. The second-order valence-electron chi connectivity index (χ2n) is 7.29. The number of piperidine rings is 1. The normalized spacial score (nSPS) is 28.2. The number of nitrogens with zero attached hydrogens (tertiary/aromatic N) is 1. The fraction of sp³-hybridized carbons (Fsp3) is 0.722. The number of hydrogen-bond acceptors (Lipinski definition) is 4. The van der Waals surface area contributed by atoms with Crippen LogP contribution >= 0.6 is 23.7 Å². The summed E-state index contributed by atoms with van der Waals surface area (Å²) in [4.78, 5) is 15.3. The lowest BCUT2D eigenvalue weighted by atomic mass is 9.93. The molecule has 0 aromatic carbocycles. The van der Waals surface area contributed by atoms with E-state index >= 15 is 0 Å². The van der Waals surface area contributed by atoms with Crippen molar-refractivity contribution in [2.45, 2.75) is 57.2 Å². The Hall–Kier alpha value is -0.620. The smallest absolute Gasteiger partial charge is 0.252 e. The van der Waals surface area contributed by atoms with Crippen LogP contribution in [-0.4, -0.2) is 42.6 Å². The van der Waals surface area contributed by atoms with Crippen LogP contribution in [0.3, 0.4) is 0 Å². The molecule has 3 fully saturated rings. The zero-order chi connectivity index (χ0) is 15.7. The predicted molar refractivity (Wildman–Crippen MR) is 98.6 cm³/mol. The van der Waals surface area contributed by atoms with E-state index in [0.29, 0.717) is 11.5 Å². The first-order chi connectivity index (χ1) is 11.3. The SMILES string of the molecule is Cl.O=C(C1CCCCO1)N(Cc1ccsc1)C1CC12CCNCC2. The number of halogens is 1. The van der Waals surface area contributed by atoms with Gasteiger partial charge in [0.25, 0.3) is 5.91 Å². The molecule has 1 aromatic heterocycles. The second-order valence-corrected chi connectivity index (χ2v) is 8.07. The lowest BCUT2D eigenvalue weighted by Crippen LogP contribution is -2.45. The van der Waals surface area contributed by atoms with E-state index in [9.17, 15) is 4.79 Å². The van der Waals surface area contributed by atoms with E-state index in [2.05, 4.69) is 27.0 Å². The molecular formula is C18H27ClN2O2S. The molecule has 1 aliphatic carbocycles. The minimum absolute atomic E-state index is 0. The highest BCUT2D eigenvalue weighted by Crippen LogP contribution is 2.56. The van der Waals surface area contributed by atoms with E-state index in [1.54, 1.807) is 11.3 Å². The van der Waals surface area contributed by atoms with Crippen molar-refractivity contribution in [2.24, 2.45) is 5.41 Å². The molecule has 1 amide bonds. The van der Waals surface area contributed by atoms with Crippen molar-refractivity contribution in [2.75, 3.05) is 19.7 Å². The molecule has 1 saturated carbocycles. The molecular weight excluding hydrogens is 344 g/mol. The zero-order valence-corrected chi connectivity index (χ0v) is 15.7. The number of rotatable bonds is 4. The molecule has 1 aromatic rings. The Morgan fingerprint density at radius 3 is 2.88 bits per heavy atom. The van der Waals surface area contributed by atoms with Gasteiger partial charge < -0.3 is 15.0 Å². The van der Waals surface area contributed by atoms with Crippen molar-refractivity contribution >= 4 is 29.7 Å². The molecule has 6 heteroatoms. The van der Waals surface area contributed by atoms with Crippen molar-refractivity contribution < 1.29 is 9.53 Å². The zero-order valence-electron chi connectivity index (χ0n) is 14.0. The van der Waals surface area contributed by atoms with Gasteiger partial charge in [0, 0.05) is 19.2 Å². The first-order valence-electron chi connectivity index (χ1n) is 8.92. The maximum absolute atomic E-state index is 13.1. The van der Waals surface area contributed by atoms with Crippen molar-refractivity contribution in [1.29, 1.82) is 0 Å². The van der Waals surface area contributed by atoms with Gasteiger partial charge in [0.05, 0.1) is 0 Å². The fourth-order valence-corrected chi connectivity index (χ4v) is 4.93. The van der Waals surface area contributed by atoms with Gasteiger partial charge >= 0.3 is 0 Å². The van der Waals surface area contributed by atoms with Crippen molar-refractivity contribution in [3.05, 3.63) is 22.4 Å². The van der Waals surface area contributed by atoms with Crippen LogP contribution in [0.2, 0.25) is 0 Å². The van der Waals surface area contributed by atoms with Gasteiger partial charge in [-0.3, -0.25) is 4.79 Å². The van der Waals surface area contributed by atoms with Crippen LogP contribution < -0.4 is 5.32 Å². The molecule has 2 aliphatic heterocycles. The highest BCUT2D eigenvalue weighted by atomic mass is 35.5. The minimum atomic E-state index is -0.207. The van der Waals surface area contributed by atoms with E-state index in [1.165, 1.54) is 24.8 Å². The number of hydrogen-bond donors (Lipinski definition) is 1. The lowest BCUT2D eigenvalue weighted by Gasteiger charge is -2.33. The number of carbonyl (C=O) groups excluding carboxylic acids is 1. The molecule has 3 aliphatic rings. The van der Waals surface area contributed by atoms with Crippen LogP contribution in [0, 0.1) is 5.41 Å². The summed E-state index contributed by atoms with van der Waals surface area (Å²) >= 11 is 1.71. The molecule has 2 atom stereocenters. The van der Waals surface area contributed by atoms with Gasteiger partial charge in [0.2, 0.25) is 0 Å². The van der Waals surface area contributed by atoms with Gasteiger partial charge in [-0.05, 0) is 79.4 Å². The summed E-state index contributed by atoms with van der Waals surface area (Å²) in [5.41, 5.74) is 1.64. The minimum Gasteiger partial charge on any atom is -0.368 e. The van der Waals surface area contributed by atoms with Crippen LogP contribution in [0.5, 0.6) is 0 Å². The molecule has 2 unspecified atom stereocenters. The van der Waals surface area contributed by atoms with Gasteiger partial charge in [-0.2, -0.15) is 11.3 Å². The van der Waals surface area contributed by atoms with Crippen molar-refractivity contribution in [3.8, 4) is 0 Å². The Balaban J connectivity index is 0.00000169.